The van der Waals surface area contributed by atoms with Crippen molar-refractivity contribution in [3.8, 4) is 0 Å². The molecule has 4 nitrogen and oxygen atoms in total. The Balaban J connectivity index is 1.87. The Bertz CT molecular complexity index is 716. The van der Waals surface area contributed by atoms with Crippen LogP contribution in [0.5, 0.6) is 0 Å². The van der Waals surface area contributed by atoms with Gasteiger partial charge in [-0.3, -0.25) is 0 Å². The van der Waals surface area contributed by atoms with Crippen LogP contribution in [0.1, 0.15) is 45.5 Å². The molecule has 0 amide bonds. The number of hydrogen-bond donors (Lipinski definition) is 0. The van der Waals surface area contributed by atoms with Gasteiger partial charge in [0.1, 0.15) is 20.6 Å². The number of benzene rings is 1. The number of aromatic nitrogens is 2. The lowest BCUT2D eigenvalue weighted by molar-refractivity contribution is 0.544. The molecule has 0 aliphatic carbocycles. The van der Waals surface area contributed by atoms with E-state index in [1.165, 1.54) is 11.3 Å². The molecule has 1 aromatic carbocycles. The molecule has 7 heteroatoms. The quantitative estimate of drug-likeness (QED) is 0.801. The molecule has 2 atom stereocenters. The second-order valence-electron chi connectivity index (χ2n) is 5.10. The molecule has 3 rings (SSSR count). The van der Waals surface area contributed by atoms with Gasteiger partial charge in [0.25, 0.3) is 0 Å². The van der Waals surface area contributed by atoms with E-state index in [1.54, 1.807) is 0 Å². The number of alkyl halides is 1. The van der Waals surface area contributed by atoms with E-state index in [1.807, 2.05) is 30.3 Å². The smallest absolute Gasteiger partial charge is 0.159 e. The minimum atomic E-state index is -3.09. The third-order valence-corrected chi connectivity index (χ3v) is 7.64. The molecule has 0 spiro atoms. The summed E-state index contributed by atoms with van der Waals surface area (Å²) in [6.07, 6.45) is 2.30. The van der Waals surface area contributed by atoms with Crippen LogP contribution in [0.3, 0.4) is 0 Å². The van der Waals surface area contributed by atoms with Gasteiger partial charge in [0.2, 0.25) is 0 Å². The zero-order valence-corrected chi connectivity index (χ0v) is 13.7. The van der Waals surface area contributed by atoms with Crippen molar-refractivity contribution in [1.82, 2.24) is 10.2 Å². The van der Waals surface area contributed by atoms with Crippen LogP contribution in [0.15, 0.2) is 30.3 Å². The van der Waals surface area contributed by atoms with Gasteiger partial charge in [0.15, 0.2) is 9.84 Å². The Morgan fingerprint density at radius 2 is 1.95 bits per heavy atom. The molecule has 0 N–H and O–H groups in total. The first-order valence-corrected chi connectivity index (χ1v) is 9.78. The maximum atomic E-state index is 12.1. The van der Waals surface area contributed by atoms with Gasteiger partial charge >= 0.3 is 0 Å². The normalized spacial score (nSPS) is 22.8. The van der Waals surface area contributed by atoms with E-state index < -0.39 is 15.1 Å². The second kappa shape index (κ2) is 6.02. The predicted molar refractivity (Wildman–Crippen MR) is 84.4 cm³/mol. The van der Waals surface area contributed by atoms with Gasteiger partial charge in [-0.05, 0) is 18.4 Å². The second-order valence-corrected chi connectivity index (χ2v) is 8.88. The molecule has 112 valence electrons. The number of sulfone groups is 1. The van der Waals surface area contributed by atoms with Gasteiger partial charge < -0.3 is 0 Å². The van der Waals surface area contributed by atoms with Crippen LogP contribution >= 0.6 is 22.9 Å². The van der Waals surface area contributed by atoms with Gasteiger partial charge in [0, 0.05) is 0 Å². The highest BCUT2D eigenvalue weighted by molar-refractivity contribution is 7.91. The van der Waals surface area contributed by atoms with Crippen molar-refractivity contribution in [3.05, 3.63) is 45.9 Å². The standard InChI is InChI=1S/C14H15ClN2O2S2/c15-12(10-6-2-1-3-7-10)14-17-16-13(20-14)11-8-4-5-9-21(11,18)19/h1-3,6-7,11-12H,4-5,8-9H2. The van der Waals surface area contributed by atoms with E-state index in [0.29, 0.717) is 16.4 Å². The van der Waals surface area contributed by atoms with Gasteiger partial charge in [-0.1, -0.05) is 48.1 Å². The van der Waals surface area contributed by atoms with E-state index in [0.717, 1.165) is 18.4 Å². The van der Waals surface area contributed by atoms with Crippen molar-refractivity contribution < 1.29 is 8.42 Å². The monoisotopic (exact) mass is 342 g/mol. The van der Waals surface area contributed by atoms with Crippen LogP contribution in [-0.4, -0.2) is 24.4 Å². The van der Waals surface area contributed by atoms with Crippen LogP contribution in [0.25, 0.3) is 0 Å². The van der Waals surface area contributed by atoms with Gasteiger partial charge in [-0.25, -0.2) is 8.42 Å². The fourth-order valence-electron chi connectivity index (χ4n) is 2.48. The largest absolute Gasteiger partial charge is 0.228 e. The summed E-state index contributed by atoms with van der Waals surface area (Å²) >= 11 is 7.72. The van der Waals surface area contributed by atoms with Crippen molar-refractivity contribution in [2.45, 2.75) is 29.9 Å². The Kier molecular flexibility index (Phi) is 4.28. The maximum Gasteiger partial charge on any atom is 0.159 e. The van der Waals surface area contributed by atoms with Gasteiger partial charge in [-0.15, -0.1) is 21.8 Å². The van der Waals surface area contributed by atoms with Crippen molar-refractivity contribution >= 4 is 32.8 Å². The zero-order valence-electron chi connectivity index (χ0n) is 11.3. The van der Waals surface area contributed by atoms with Crippen LogP contribution < -0.4 is 0 Å². The molecule has 1 saturated heterocycles. The molecule has 1 fully saturated rings. The molecule has 1 aliphatic heterocycles. The summed E-state index contributed by atoms with van der Waals surface area (Å²) in [5, 5.41) is 8.53. The number of nitrogens with zero attached hydrogens (tertiary/aromatic N) is 2. The van der Waals surface area contributed by atoms with E-state index in [9.17, 15) is 8.42 Å². The van der Waals surface area contributed by atoms with Crippen LogP contribution in [0.2, 0.25) is 0 Å². The molecule has 1 aromatic heterocycles. The van der Waals surface area contributed by atoms with E-state index in [4.69, 9.17) is 11.6 Å². The van der Waals surface area contributed by atoms with Crippen molar-refractivity contribution in [2.75, 3.05) is 5.75 Å². The first kappa shape index (κ1) is 14.9. The summed E-state index contributed by atoms with van der Waals surface area (Å²) in [6, 6.07) is 9.61. The average Bonchev–Trinajstić information content (AvgIpc) is 2.96. The lowest BCUT2D eigenvalue weighted by Gasteiger charge is -2.19. The number of hydrogen-bond acceptors (Lipinski definition) is 5. The highest BCUT2D eigenvalue weighted by Crippen LogP contribution is 2.38. The summed E-state index contributed by atoms with van der Waals surface area (Å²) in [7, 11) is -3.09. The Labute approximate surface area is 133 Å². The Morgan fingerprint density at radius 3 is 2.67 bits per heavy atom. The molecule has 0 saturated carbocycles. The number of rotatable bonds is 3. The maximum absolute atomic E-state index is 12.1. The molecule has 0 bridgehead atoms. The first-order valence-electron chi connectivity index (χ1n) is 6.82. The molecule has 2 aromatic rings. The average molecular weight is 343 g/mol. The summed E-state index contributed by atoms with van der Waals surface area (Å²) in [4.78, 5) is 0. The van der Waals surface area contributed by atoms with Crippen LogP contribution in [0.4, 0.5) is 0 Å². The van der Waals surface area contributed by atoms with E-state index in [-0.39, 0.29) is 11.1 Å². The minimum Gasteiger partial charge on any atom is -0.228 e. The summed E-state index contributed by atoms with van der Waals surface area (Å²) in [6.45, 7) is 0. The van der Waals surface area contributed by atoms with Crippen LogP contribution in [-0.2, 0) is 9.84 Å². The third kappa shape index (κ3) is 3.12. The number of halogens is 1. The molecular weight excluding hydrogens is 328 g/mol. The minimum absolute atomic E-state index is 0.246. The van der Waals surface area contributed by atoms with Crippen molar-refractivity contribution in [3.63, 3.8) is 0 Å². The van der Waals surface area contributed by atoms with Crippen molar-refractivity contribution in [1.29, 1.82) is 0 Å². The predicted octanol–water partition coefficient (Wildman–Crippen LogP) is 3.51. The highest BCUT2D eigenvalue weighted by atomic mass is 35.5. The molecule has 1 aliphatic rings. The Morgan fingerprint density at radius 1 is 1.19 bits per heavy atom. The first-order chi connectivity index (χ1) is 10.1. The fourth-order valence-corrected chi connectivity index (χ4v) is 6.02. The zero-order chi connectivity index (χ0) is 14.9. The van der Waals surface area contributed by atoms with Crippen molar-refractivity contribution in [2.24, 2.45) is 0 Å². The lowest BCUT2D eigenvalue weighted by Crippen LogP contribution is -2.21. The van der Waals surface area contributed by atoms with Gasteiger partial charge in [0.05, 0.1) is 5.75 Å². The fraction of sp³-hybridized carbons (Fsp3) is 0.429. The van der Waals surface area contributed by atoms with E-state index >= 15 is 0 Å². The lowest BCUT2D eigenvalue weighted by atomic mass is 10.1. The third-order valence-electron chi connectivity index (χ3n) is 3.62. The SMILES string of the molecule is O=S1(=O)CCCCC1c1nnc(C(Cl)c2ccccc2)s1. The highest BCUT2D eigenvalue weighted by Gasteiger charge is 2.33. The van der Waals surface area contributed by atoms with E-state index in [2.05, 4.69) is 10.2 Å². The molecule has 0 radical (unpaired) electrons. The van der Waals surface area contributed by atoms with Crippen LogP contribution in [0, 0.1) is 0 Å². The molecule has 2 heterocycles. The van der Waals surface area contributed by atoms with Gasteiger partial charge in [-0.2, -0.15) is 0 Å². The topological polar surface area (TPSA) is 59.9 Å². The Hall–Kier alpha value is -0.980. The summed E-state index contributed by atoms with van der Waals surface area (Å²) in [5.74, 6) is 0.246. The molecule has 2 unspecified atom stereocenters. The summed E-state index contributed by atoms with van der Waals surface area (Å²) in [5.41, 5.74) is 0.938. The molecular formula is C14H15ClN2O2S2. The summed E-state index contributed by atoms with van der Waals surface area (Å²) < 4.78 is 24.3. The molecule has 21 heavy (non-hydrogen) atoms.